The summed E-state index contributed by atoms with van der Waals surface area (Å²) >= 11 is 0. The number of hydrogen-bond acceptors (Lipinski definition) is 16. The zero-order valence-corrected chi connectivity index (χ0v) is 36.5. The van der Waals surface area contributed by atoms with Crippen molar-refractivity contribution in [3.8, 4) is 0 Å². The number of carbonyl (C=O) groups excluding carboxylic acids is 1. The van der Waals surface area contributed by atoms with E-state index in [1.165, 1.54) is 13.0 Å². The lowest BCUT2D eigenvalue weighted by Crippen LogP contribution is -2.67. The second-order valence-corrected chi connectivity index (χ2v) is 21.3. The molecule has 20 heteroatoms. The van der Waals surface area contributed by atoms with Gasteiger partial charge in [-0.15, -0.1) is 0 Å². The standard InChI is InChI=1S/C42H63F3O16S/c1-19-36(50)28(46)15-33(55-19)59-37-20(2)56-34(16-29(37)47)60-38-21(3)57-35(17-30(38)61-62(52,53)42(43,44)45)58-24-8-10-39(4)23(13-24)6-7-26-27(39)14-31(48)40(5)25(9-11-41(26,40)51)22-12-32(49)54-18-22/h12,19-21,23-31,33-38,46-48,50-51H,6-11,13-18H2,1-5H3/t19-,20-,21-,23-,24+,25-,26-,27+,28+,29+,30+,31-,33+,34+,35+,36-,37-,38-,39+,40+,41+/m1/s1. The fourth-order valence-corrected chi connectivity index (χ4v) is 13.7. The molecule has 3 saturated heterocycles. The van der Waals surface area contributed by atoms with Gasteiger partial charge in [-0.2, -0.15) is 21.6 Å². The Bertz CT molecular complexity index is 1780. The van der Waals surface area contributed by atoms with Crippen molar-refractivity contribution in [2.75, 3.05) is 6.61 Å². The Hall–Kier alpha value is -1.53. The van der Waals surface area contributed by atoms with Gasteiger partial charge in [-0.25, -0.2) is 4.79 Å². The van der Waals surface area contributed by atoms with E-state index in [0.717, 1.165) is 18.4 Å². The highest BCUT2D eigenvalue weighted by Gasteiger charge is 2.71. The molecule has 5 N–H and O–H groups in total. The van der Waals surface area contributed by atoms with E-state index < -0.39 is 119 Å². The van der Waals surface area contributed by atoms with E-state index in [0.29, 0.717) is 38.5 Å². The molecule has 0 aromatic carbocycles. The van der Waals surface area contributed by atoms with Gasteiger partial charge >= 0.3 is 21.6 Å². The van der Waals surface area contributed by atoms with Crippen LogP contribution in [0.15, 0.2) is 11.6 Å². The second kappa shape index (κ2) is 17.0. The summed E-state index contributed by atoms with van der Waals surface area (Å²) in [6.07, 6.45) is -9.00. The van der Waals surface area contributed by atoms with E-state index in [9.17, 15) is 51.9 Å². The Balaban J connectivity index is 0.915. The number of halogens is 3. The van der Waals surface area contributed by atoms with Crippen LogP contribution in [0.2, 0.25) is 0 Å². The third-order valence-electron chi connectivity index (χ3n) is 16.5. The quantitative estimate of drug-likeness (QED) is 0.0970. The third kappa shape index (κ3) is 8.20. The maximum Gasteiger partial charge on any atom is 0.523 e. The van der Waals surface area contributed by atoms with Gasteiger partial charge in [-0.05, 0) is 107 Å². The van der Waals surface area contributed by atoms with Crippen LogP contribution in [-0.4, -0.2) is 144 Å². The highest BCUT2D eigenvalue weighted by atomic mass is 32.2. The summed E-state index contributed by atoms with van der Waals surface area (Å²) in [5.41, 5.74) is -7.14. The Labute approximate surface area is 359 Å². The SMILES string of the molecule is C[C@H]1O[C@@H](O[C@H]2[C@@H](O)C[C@H](O[C@H]3[C@@H](OS(=O)(=O)C(F)(F)F)C[C@H](O[C@H]4CC[C@@]5(C)[C@H](CC[C@@H]6[C@@H]5C[C@@H](O)[C@]5(C)[C@@H](C7=CC(=O)OC7)CC[C@]65O)C4)O[C@@H]3C)O[C@@H]2C)C[C@H](O)[C@@H]1O. The molecule has 0 spiro atoms. The second-order valence-electron chi connectivity index (χ2n) is 19.8. The number of carbonyl (C=O) groups is 1. The number of rotatable bonds is 9. The average Bonchev–Trinajstić information content (AvgIpc) is 3.73. The smallest absolute Gasteiger partial charge is 0.458 e. The van der Waals surface area contributed by atoms with E-state index in [4.69, 9.17) is 37.3 Å². The van der Waals surface area contributed by atoms with Gasteiger partial charge in [0.2, 0.25) is 0 Å². The predicted octanol–water partition coefficient (Wildman–Crippen LogP) is 3.09. The molecule has 4 aliphatic carbocycles. The van der Waals surface area contributed by atoms with E-state index in [1.807, 2.05) is 6.92 Å². The van der Waals surface area contributed by atoms with Gasteiger partial charge in [0.05, 0.1) is 48.3 Å². The highest BCUT2D eigenvalue weighted by molar-refractivity contribution is 7.87. The number of aliphatic hydroxyl groups excluding tert-OH is 4. The zero-order valence-electron chi connectivity index (χ0n) is 35.7. The van der Waals surface area contributed by atoms with Gasteiger partial charge in [-0.3, -0.25) is 4.18 Å². The van der Waals surface area contributed by atoms with E-state index >= 15 is 0 Å². The fourth-order valence-electron chi connectivity index (χ4n) is 13.1. The van der Waals surface area contributed by atoms with Gasteiger partial charge in [0.15, 0.2) is 18.9 Å². The molecule has 0 aromatic rings. The van der Waals surface area contributed by atoms with Gasteiger partial charge in [0.1, 0.15) is 31.0 Å². The minimum atomic E-state index is -6.10. The molecule has 8 rings (SSSR count). The molecule has 4 aliphatic heterocycles. The van der Waals surface area contributed by atoms with E-state index in [1.54, 1.807) is 13.8 Å². The molecular formula is C42H63F3O16S. The summed E-state index contributed by atoms with van der Waals surface area (Å²) in [7, 11) is -6.10. The van der Waals surface area contributed by atoms with Gasteiger partial charge in [0, 0.05) is 30.8 Å². The molecule has 0 aromatic heterocycles. The van der Waals surface area contributed by atoms with Crippen LogP contribution in [0, 0.1) is 34.5 Å². The van der Waals surface area contributed by atoms with Crippen LogP contribution in [0.25, 0.3) is 0 Å². The van der Waals surface area contributed by atoms with Gasteiger partial charge < -0.3 is 58.7 Å². The number of aliphatic hydroxyl groups is 5. The normalized spacial score (nSPS) is 51.2. The molecule has 4 heterocycles. The molecular weight excluding hydrogens is 850 g/mol. The zero-order chi connectivity index (χ0) is 44.9. The number of alkyl halides is 3. The first kappa shape index (κ1) is 47.0. The molecule has 0 bridgehead atoms. The Morgan fingerprint density at radius 1 is 0.758 bits per heavy atom. The van der Waals surface area contributed by atoms with Crippen molar-refractivity contribution in [2.45, 2.75) is 202 Å². The summed E-state index contributed by atoms with van der Waals surface area (Å²) in [5, 5.41) is 55.8. The van der Waals surface area contributed by atoms with E-state index in [2.05, 4.69) is 6.92 Å². The molecule has 354 valence electrons. The monoisotopic (exact) mass is 912 g/mol. The van der Waals surface area contributed by atoms with Crippen LogP contribution in [0.5, 0.6) is 0 Å². The maximum atomic E-state index is 13.7. The third-order valence-corrected chi connectivity index (χ3v) is 17.5. The molecule has 7 fully saturated rings. The van der Waals surface area contributed by atoms with Crippen LogP contribution in [0.4, 0.5) is 13.2 Å². The number of esters is 1. The predicted molar refractivity (Wildman–Crippen MR) is 206 cm³/mol. The molecule has 0 radical (unpaired) electrons. The summed E-state index contributed by atoms with van der Waals surface area (Å²) in [6, 6.07) is 0. The lowest BCUT2D eigenvalue weighted by Gasteiger charge is -2.65. The van der Waals surface area contributed by atoms with Crippen molar-refractivity contribution < 1.29 is 89.3 Å². The van der Waals surface area contributed by atoms with Crippen LogP contribution in [0.3, 0.4) is 0 Å². The summed E-state index contributed by atoms with van der Waals surface area (Å²) in [4.78, 5) is 12.0. The first-order valence-electron chi connectivity index (χ1n) is 22.2. The minimum absolute atomic E-state index is 0.00924. The number of hydrogen-bond donors (Lipinski definition) is 5. The lowest BCUT2D eigenvalue weighted by molar-refractivity contribution is -0.335. The molecule has 8 aliphatic rings. The molecule has 0 amide bonds. The van der Waals surface area contributed by atoms with Crippen molar-refractivity contribution in [1.82, 2.24) is 0 Å². The van der Waals surface area contributed by atoms with Crippen molar-refractivity contribution in [2.24, 2.45) is 34.5 Å². The first-order valence-corrected chi connectivity index (χ1v) is 23.6. The Morgan fingerprint density at radius 3 is 2.02 bits per heavy atom. The van der Waals surface area contributed by atoms with E-state index in [-0.39, 0.29) is 54.6 Å². The van der Waals surface area contributed by atoms with Crippen LogP contribution >= 0.6 is 0 Å². The molecule has 62 heavy (non-hydrogen) atoms. The number of fused-ring (bicyclic) bond motifs is 5. The maximum absolute atomic E-state index is 13.7. The molecule has 21 atom stereocenters. The average molecular weight is 913 g/mol. The first-order chi connectivity index (χ1) is 28.9. The fraction of sp³-hybridized carbons (Fsp3) is 0.929. The van der Waals surface area contributed by atoms with Crippen LogP contribution in [0.1, 0.15) is 105 Å². The largest absolute Gasteiger partial charge is 0.523 e. The van der Waals surface area contributed by atoms with Gasteiger partial charge in [0.25, 0.3) is 0 Å². The van der Waals surface area contributed by atoms with Crippen LogP contribution < -0.4 is 0 Å². The minimum Gasteiger partial charge on any atom is -0.458 e. The van der Waals surface area contributed by atoms with Crippen molar-refractivity contribution in [3.05, 3.63) is 11.6 Å². The topological polar surface area (TPSA) is 226 Å². The van der Waals surface area contributed by atoms with Crippen LogP contribution in [-0.2, 0) is 52.3 Å². The van der Waals surface area contributed by atoms with Crippen molar-refractivity contribution in [1.29, 1.82) is 0 Å². The summed E-state index contributed by atoms with van der Waals surface area (Å²) in [5.74, 6) is -0.506. The molecule has 4 saturated carbocycles. The Kier molecular flexibility index (Phi) is 12.9. The van der Waals surface area contributed by atoms with Crippen molar-refractivity contribution >= 4 is 16.1 Å². The Morgan fingerprint density at radius 2 is 1.39 bits per heavy atom. The summed E-state index contributed by atoms with van der Waals surface area (Å²) in [6.45, 7) is 8.98. The molecule has 16 nitrogen and oxygen atoms in total. The number of cyclic esters (lactones) is 1. The number of ether oxygens (including phenoxy) is 7. The van der Waals surface area contributed by atoms with Crippen molar-refractivity contribution in [3.63, 3.8) is 0 Å². The van der Waals surface area contributed by atoms with Gasteiger partial charge in [-0.1, -0.05) is 13.8 Å². The lowest BCUT2D eigenvalue weighted by atomic mass is 9.42. The highest BCUT2D eigenvalue weighted by Crippen LogP contribution is 2.70. The summed E-state index contributed by atoms with van der Waals surface area (Å²) < 4.78 is 112. The molecule has 0 unspecified atom stereocenters.